The Kier molecular flexibility index (Phi) is 8.27. The van der Waals surface area contributed by atoms with Gasteiger partial charge in [-0.05, 0) is 55.3 Å². The van der Waals surface area contributed by atoms with E-state index in [0.29, 0.717) is 38.2 Å². The summed E-state index contributed by atoms with van der Waals surface area (Å²) in [6, 6.07) is 19.0. The molecule has 8 nitrogen and oxygen atoms in total. The number of benzene rings is 3. The number of anilines is 2. The normalized spacial score (nSPS) is 11.7. The van der Waals surface area contributed by atoms with E-state index in [-0.39, 0.29) is 19.0 Å². The highest BCUT2D eigenvalue weighted by molar-refractivity contribution is 7.90. The van der Waals surface area contributed by atoms with Crippen molar-refractivity contribution in [3.05, 3.63) is 95.0 Å². The van der Waals surface area contributed by atoms with Crippen LogP contribution in [0.4, 0.5) is 15.9 Å². The van der Waals surface area contributed by atoms with Crippen LogP contribution in [-0.2, 0) is 23.2 Å². The average molecular weight is 598 g/mol. The van der Waals surface area contributed by atoms with Crippen molar-refractivity contribution in [2.75, 3.05) is 5.32 Å². The SMILES string of the molecule is CC(C)S(=O)(=O)NCc1ccc(-c2nc3c(Nc4ccc(OCc5cccc(F)c5)c(Cl)c4)ncnc3s2)cc1. The fraction of sp³-hybridized carbons (Fsp3) is 0.179. The Hall–Kier alpha value is -3.64. The molecule has 0 radical (unpaired) electrons. The van der Waals surface area contributed by atoms with Crippen molar-refractivity contribution < 1.29 is 17.5 Å². The third kappa shape index (κ3) is 6.56. The van der Waals surface area contributed by atoms with Crippen LogP contribution in [0.3, 0.4) is 0 Å². The Balaban J connectivity index is 1.29. The van der Waals surface area contributed by atoms with Crippen LogP contribution in [0.5, 0.6) is 5.75 Å². The van der Waals surface area contributed by atoms with Gasteiger partial charge in [0, 0.05) is 17.8 Å². The maximum atomic E-state index is 13.4. The molecule has 0 amide bonds. The van der Waals surface area contributed by atoms with Crippen LogP contribution in [0.25, 0.3) is 20.9 Å². The predicted octanol–water partition coefficient (Wildman–Crippen LogP) is 6.70. The Morgan fingerprint density at radius 1 is 1.02 bits per heavy atom. The zero-order chi connectivity index (χ0) is 28.3. The summed E-state index contributed by atoms with van der Waals surface area (Å²) >= 11 is 7.87. The number of hydrogen-bond acceptors (Lipinski definition) is 8. The van der Waals surface area contributed by atoms with Crippen LogP contribution >= 0.6 is 22.9 Å². The second-order valence-electron chi connectivity index (χ2n) is 9.20. The maximum Gasteiger partial charge on any atom is 0.214 e. The molecule has 0 spiro atoms. The van der Waals surface area contributed by atoms with Gasteiger partial charge in [0.05, 0.1) is 10.3 Å². The molecule has 0 unspecified atom stereocenters. The quantitative estimate of drug-likeness (QED) is 0.185. The van der Waals surface area contributed by atoms with Crippen LogP contribution in [0.2, 0.25) is 5.02 Å². The lowest BCUT2D eigenvalue weighted by Gasteiger charge is -2.11. The number of nitrogens with one attached hydrogen (secondary N) is 2. The average Bonchev–Trinajstić information content (AvgIpc) is 3.37. The van der Waals surface area contributed by atoms with Crippen LogP contribution in [-0.4, -0.2) is 28.6 Å². The first-order valence-electron chi connectivity index (χ1n) is 12.3. The minimum Gasteiger partial charge on any atom is -0.487 e. The number of rotatable bonds is 10. The fourth-order valence-electron chi connectivity index (χ4n) is 3.70. The Labute approximate surface area is 240 Å². The van der Waals surface area contributed by atoms with E-state index >= 15 is 0 Å². The molecule has 0 atom stereocenters. The van der Waals surface area contributed by atoms with Gasteiger partial charge >= 0.3 is 0 Å². The van der Waals surface area contributed by atoms with Crippen molar-refractivity contribution in [2.24, 2.45) is 0 Å². The minimum absolute atomic E-state index is 0.187. The zero-order valence-corrected chi connectivity index (χ0v) is 23.9. The number of aromatic nitrogens is 3. The molecule has 0 aliphatic heterocycles. The molecule has 0 saturated carbocycles. The van der Waals surface area contributed by atoms with E-state index in [1.54, 1.807) is 44.2 Å². The summed E-state index contributed by atoms with van der Waals surface area (Å²) in [6.07, 6.45) is 1.47. The first-order chi connectivity index (χ1) is 19.2. The Bertz CT molecular complexity index is 1760. The number of ether oxygens (including phenoxy) is 1. The smallest absolute Gasteiger partial charge is 0.214 e. The molecular formula is C28H25ClFN5O3S2. The Morgan fingerprint density at radius 3 is 2.55 bits per heavy atom. The molecule has 5 aromatic rings. The van der Waals surface area contributed by atoms with E-state index in [1.807, 2.05) is 24.3 Å². The standard InChI is InChI=1S/C28H25ClFN5O3S2/c1-17(2)40(36,37)33-14-18-6-8-20(9-7-18)27-35-25-26(31-16-32-28(25)39-27)34-22-10-11-24(23(29)13-22)38-15-19-4-3-5-21(30)12-19/h3-13,16-17,33H,14-15H2,1-2H3,(H,31,32,34). The van der Waals surface area contributed by atoms with E-state index in [2.05, 4.69) is 20.0 Å². The van der Waals surface area contributed by atoms with Crippen molar-refractivity contribution in [3.8, 4) is 16.3 Å². The van der Waals surface area contributed by atoms with Gasteiger partial charge in [0.1, 0.15) is 39.9 Å². The molecule has 3 aromatic carbocycles. The lowest BCUT2D eigenvalue weighted by Crippen LogP contribution is -2.30. The van der Waals surface area contributed by atoms with Crippen LogP contribution in [0.1, 0.15) is 25.0 Å². The Morgan fingerprint density at radius 2 is 1.82 bits per heavy atom. The van der Waals surface area contributed by atoms with Gasteiger partial charge in [0.25, 0.3) is 0 Å². The molecule has 0 saturated heterocycles. The molecule has 2 N–H and O–H groups in total. The number of hydrogen-bond donors (Lipinski definition) is 2. The highest BCUT2D eigenvalue weighted by Crippen LogP contribution is 2.34. The first-order valence-corrected chi connectivity index (χ1v) is 15.0. The number of nitrogens with zero attached hydrogens (tertiary/aromatic N) is 3. The fourth-order valence-corrected chi connectivity index (χ4v) is 5.55. The van der Waals surface area contributed by atoms with Gasteiger partial charge < -0.3 is 10.1 Å². The third-order valence-corrected chi connectivity index (χ3v) is 9.07. The van der Waals surface area contributed by atoms with Gasteiger partial charge in [-0.2, -0.15) is 0 Å². The third-order valence-electron chi connectivity index (χ3n) is 5.97. The van der Waals surface area contributed by atoms with Crippen molar-refractivity contribution in [3.63, 3.8) is 0 Å². The van der Waals surface area contributed by atoms with Crippen molar-refractivity contribution in [2.45, 2.75) is 32.2 Å². The summed E-state index contributed by atoms with van der Waals surface area (Å²) in [6.45, 7) is 3.68. The molecule has 0 bridgehead atoms. The van der Waals surface area contributed by atoms with Crippen LogP contribution in [0.15, 0.2) is 73.1 Å². The van der Waals surface area contributed by atoms with Gasteiger partial charge in [0.15, 0.2) is 5.82 Å². The highest BCUT2D eigenvalue weighted by atomic mass is 35.5. The lowest BCUT2D eigenvalue weighted by atomic mass is 10.1. The van der Waals surface area contributed by atoms with Gasteiger partial charge in [-0.3, -0.25) is 0 Å². The monoisotopic (exact) mass is 597 g/mol. The summed E-state index contributed by atoms with van der Waals surface area (Å²) in [5, 5.41) is 3.90. The molecule has 40 heavy (non-hydrogen) atoms. The van der Waals surface area contributed by atoms with E-state index in [9.17, 15) is 12.8 Å². The summed E-state index contributed by atoms with van der Waals surface area (Å²) in [5.74, 6) is 0.676. The predicted molar refractivity (Wildman–Crippen MR) is 157 cm³/mol. The van der Waals surface area contributed by atoms with E-state index in [0.717, 1.165) is 16.1 Å². The number of sulfonamides is 1. The van der Waals surface area contributed by atoms with Crippen molar-refractivity contribution in [1.82, 2.24) is 19.7 Å². The summed E-state index contributed by atoms with van der Waals surface area (Å²) in [4.78, 5) is 14.2. The highest BCUT2D eigenvalue weighted by Gasteiger charge is 2.16. The molecule has 2 aromatic heterocycles. The van der Waals surface area contributed by atoms with Gasteiger partial charge in [0.2, 0.25) is 10.0 Å². The molecule has 0 aliphatic rings. The van der Waals surface area contributed by atoms with E-state index in [1.165, 1.54) is 29.8 Å². The molecule has 206 valence electrons. The summed E-state index contributed by atoms with van der Waals surface area (Å²) < 4.78 is 45.8. The van der Waals surface area contributed by atoms with Crippen LogP contribution < -0.4 is 14.8 Å². The number of thiazole rings is 1. The van der Waals surface area contributed by atoms with Crippen molar-refractivity contribution >= 4 is 54.8 Å². The molecular weight excluding hydrogens is 573 g/mol. The number of fused-ring (bicyclic) bond motifs is 1. The van der Waals surface area contributed by atoms with Gasteiger partial charge in [-0.25, -0.2) is 32.5 Å². The molecule has 0 fully saturated rings. The molecule has 2 heterocycles. The number of halogens is 2. The van der Waals surface area contributed by atoms with Gasteiger partial charge in [-0.1, -0.05) is 59.3 Å². The molecule has 12 heteroatoms. The molecule has 5 rings (SSSR count). The second kappa shape index (κ2) is 11.8. The maximum absolute atomic E-state index is 13.4. The van der Waals surface area contributed by atoms with Crippen LogP contribution in [0, 0.1) is 5.82 Å². The lowest BCUT2D eigenvalue weighted by molar-refractivity contribution is 0.306. The largest absolute Gasteiger partial charge is 0.487 e. The van der Waals surface area contributed by atoms with Gasteiger partial charge in [-0.15, -0.1) is 0 Å². The zero-order valence-electron chi connectivity index (χ0n) is 21.6. The second-order valence-corrected chi connectivity index (χ2v) is 12.9. The topological polar surface area (TPSA) is 106 Å². The first kappa shape index (κ1) is 27.9. The summed E-state index contributed by atoms with van der Waals surface area (Å²) in [5.41, 5.74) is 3.72. The van der Waals surface area contributed by atoms with E-state index in [4.69, 9.17) is 21.3 Å². The molecule has 0 aliphatic carbocycles. The van der Waals surface area contributed by atoms with E-state index < -0.39 is 15.3 Å². The van der Waals surface area contributed by atoms with Crippen molar-refractivity contribution in [1.29, 1.82) is 0 Å². The minimum atomic E-state index is -3.34. The summed E-state index contributed by atoms with van der Waals surface area (Å²) in [7, 11) is -3.34.